The molecule has 4 nitrogen and oxygen atoms in total. The minimum Gasteiger partial charge on any atom is -0.322 e. The van der Waals surface area contributed by atoms with Crippen molar-refractivity contribution in [2.45, 2.75) is 32.7 Å². The molecule has 1 fully saturated rings. The Labute approximate surface area is 147 Å². The predicted octanol–water partition coefficient (Wildman–Crippen LogP) is 4.13. The highest BCUT2D eigenvalue weighted by Gasteiger charge is 2.27. The standard InChI is InChI=1S/C19H22ClN3O/c1-13-7-8-15(11-14(13)2)17-6-4-10-23(17)12-18(24)22-16-5-3-9-21-19(16)20/h3,5,7-9,11,17H,4,6,10,12H2,1-2H3,(H,22,24). The molecule has 1 aliphatic rings. The molecule has 1 aromatic heterocycles. The van der Waals surface area contributed by atoms with E-state index in [1.54, 1.807) is 18.3 Å². The maximum atomic E-state index is 12.4. The first-order valence-corrected chi connectivity index (χ1v) is 8.64. The Morgan fingerprint density at radius 1 is 1.33 bits per heavy atom. The summed E-state index contributed by atoms with van der Waals surface area (Å²) in [6.07, 6.45) is 3.80. The van der Waals surface area contributed by atoms with Crippen LogP contribution in [0.3, 0.4) is 0 Å². The van der Waals surface area contributed by atoms with E-state index >= 15 is 0 Å². The molecule has 1 saturated heterocycles. The van der Waals surface area contributed by atoms with Gasteiger partial charge >= 0.3 is 0 Å². The number of aromatic nitrogens is 1. The molecule has 24 heavy (non-hydrogen) atoms. The van der Waals surface area contributed by atoms with Crippen molar-refractivity contribution in [2.75, 3.05) is 18.4 Å². The van der Waals surface area contributed by atoms with Crippen molar-refractivity contribution in [2.24, 2.45) is 0 Å². The topological polar surface area (TPSA) is 45.2 Å². The maximum Gasteiger partial charge on any atom is 0.238 e. The molecular formula is C19H22ClN3O. The molecule has 1 atom stereocenters. The van der Waals surface area contributed by atoms with Crippen LogP contribution in [0.4, 0.5) is 5.69 Å². The molecule has 3 rings (SSSR count). The van der Waals surface area contributed by atoms with Gasteiger partial charge in [-0.05, 0) is 62.1 Å². The number of aryl methyl sites for hydroxylation is 2. The molecule has 0 aliphatic carbocycles. The molecule has 5 heteroatoms. The van der Waals surface area contributed by atoms with Crippen molar-refractivity contribution in [3.63, 3.8) is 0 Å². The number of halogens is 1. The number of rotatable bonds is 4. The second kappa shape index (κ2) is 7.32. The lowest BCUT2D eigenvalue weighted by molar-refractivity contribution is -0.117. The highest BCUT2D eigenvalue weighted by molar-refractivity contribution is 6.32. The van der Waals surface area contributed by atoms with Crippen LogP contribution in [0.1, 0.15) is 35.6 Å². The lowest BCUT2D eigenvalue weighted by Gasteiger charge is -2.25. The van der Waals surface area contributed by atoms with Gasteiger partial charge in [-0.15, -0.1) is 0 Å². The van der Waals surface area contributed by atoms with Crippen molar-refractivity contribution in [1.82, 2.24) is 9.88 Å². The van der Waals surface area contributed by atoms with Crippen molar-refractivity contribution in [3.05, 3.63) is 58.4 Å². The number of pyridine rings is 1. The Morgan fingerprint density at radius 3 is 2.92 bits per heavy atom. The van der Waals surface area contributed by atoms with Gasteiger partial charge in [0, 0.05) is 12.2 Å². The van der Waals surface area contributed by atoms with Gasteiger partial charge in [0.25, 0.3) is 0 Å². The normalized spacial score (nSPS) is 17.9. The van der Waals surface area contributed by atoms with Crippen LogP contribution in [-0.2, 0) is 4.79 Å². The van der Waals surface area contributed by atoms with Gasteiger partial charge in [-0.1, -0.05) is 29.8 Å². The molecule has 0 bridgehead atoms. The Hall–Kier alpha value is -1.91. The average Bonchev–Trinajstić information content (AvgIpc) is 3.00. The zero-order valence-electron chi connectivity index (χ0n) is 14.1. The highest BCUT2D eigenvalue weighted by Crippen LogP contribution is 2.32. The third-order valence-electron chi connectivity index (χ3n) is 4.66. The van der Waals surface area contributed by atoms with Crippen LogP contribution in [0.25, 0.3) is 0 Å². The number of anilines is 1. The van der Waals surface area contributed by atoms with Crippen molar-refractivity contribution in [1.29, 1.82) is 0 Å². The van der Waals surface area contributed by atoms with Crippen LogP contribution in [-0.4, -0.2) is 28.9 Å². The van der Waals surface area contributed by atoms with Gasteiger partial charge < -0.3 is 5.32 Å². The fourth-order valence-corrected chi connectivity index (χ4v) is 3.38. The summed E-state index contributed by atoms with van der Waals surface area (Å²) in [5, 5.41) is 3.17. The maximum absolute atomic E-state index is 12.4. The third-order valence-corrected chi connectivity index (χ3v) is 4.96. The first-order valence-electron chi connectivity index (χ1n) is 8.26. The first kappa shape index (κ1) is 16.9. The van der Waals surface area contributed by atoms with Gasteiger partial charge in [-0.2, -0.15) is 0 Å². The van der Waals surface area contributed by atoms with E-state index in [1.165, 1.54) is 16.7 Å². The largest absolute Gasteiger partial charge is 0.322 e. The first-order chi connectivity index (χ1) is 11.5. The van der Waals surface area contributed by atoms with Crippen molar-refractivity contribution >= 4 is 23.2 Å². The molecule has 2 aromatic rings. The Kier molecular flexibility index (Phi) is 5.17. The molecule has 1 aliphatic heterocycles. The Morgan fingerprint density at radius 2 is 2.17 bits per heavy atom. The van der Waals surface area contributed by atoms with Gasteiger partial charge in [0.1, 0.15) is 0 Å². The molecule has 126 valence electrons. The third kappa shape index (κ3) is 3.77. The van der Waals surface area contributed by atoms with E-state index in [1.807, 2.05) is 0 Å². The minimum atomic E-state index is -0.0550. The Bertz CT molecular complexity index is 747. The number of carbonyl (C=O) groups is 1. The number of amides is 1. The van der Waals surface area contributed by atoms with Gasteiger partial charge in [0.15, 0.2) is 5.15 Å². The van der Waals surface area contributed by atoms with E-state index in [-0.39, 0.29) is 5.91 Å². The van der Waals surface area contributed by atoms with Crippen LogP contribution in [0.15, 0.2) is 36.5 Å². The van der Waals surface area contributed by atoms with E-state index in [0.29, 0.717) is 23.4 Å². The molecule has 0 radical (unpaired) electrons. The number of nitrogens with zero attached hydrogens (tertiary/aromatic N) is 2. The molecule has 2 heterocycles. The summed E-state index contributed by atoms with van der Waals surface area (Å²) in [5.41, 5.74) is 4.45. The van der Waals surface area contributed by atoms with Gasteiger partial charge in [0.05, 0.1) is 12.2 Å². The molecule has 1 amide bonds. The van der Waals surface area contributed by atoms with Crippen LogP contribution in [0.5, 0.6) is 0 Å². The van der Waals surface area contributed by atoms with E-state index < -0.39 is 0 Å². The zero-order chi connectivity index (χ0) is 17.1. The van der Waals surface area contributed by atoms with Gasteiger partial charge in [-0.3, -0.25) is 9.69 Å². The van der Waals surface area contributed by atoms with Crippen LogP contribution >= 0.6 is 11.6 Å². The molecular weight excluding hydrogens is 322 g/mol. The Balaban J connectivity index is 1.68. The van der Waals surface area contributed by atoms with Crippen LogP contribution in [0.2, 0.25) is 5.15 Å². The van der Waals surface area contributed by atoms with E-state index in [2.05, 4.69) is 47.2 Å². The fourth-order valence-electron chi connectivity index (χ4n) is 3.22. The summed E-state index contributed by atoms with van der Waals surface area (Å²) in [6.45, 7) is 5.56. The average molecular weight is 344 g/mol. The molecule has 0 spiro atoms. The van der Waals surface area contributed by atoms with Crippen LogP contribution in [0, 0.1) is 13.8 Å². The number of likely N-dealkylation sites (tertiary alicyclic amines) is 1. The SMILES string of the molecule is Cc1ccc(C2CCCN2CC(=O)Nc2cccnc2Cl)cc1C. The lowest BCUT2D eigenvalue weighted by Crippen LogP contribution is -2.33. The number of carbonyl (C=O) groups excluding carboxylic acids is 1. The monoisotopic (exact) mass is 343 g/mol. The van der Waals surface area contributed by atoms with Crippen molar-refractivity contribution < 1.29 is 4.79 Å². The molecule has 1 N–H and O–H groups in total. The number of hydrogen-bond acceptors (Lipinski definition) is 3. The predicted molar refractivity (Wildman–Crippen MR) is 97.3 cm³/mol. The zero-order valence-corrected chi connectivity index (χ0v) is 14.8. The summed E-state index contributed by atoms with van der Waals surface area (Å²) < 4.78 is 0. The second-order valence-electron chi connectivity index (χ2n) is 6.36. The van der Waals surface area contributed by atoms with Gasteiger partial charge in [0.2, 0.25) is 5.91 Å². The van der Waals surface area contributed by atoms with Crippen LogP contribution < -0.4 is 5.32 Å². The number of nitrogens with one attached hydrogen (secondary N) is 1. The van der Waals surface area contributed by atoms with E-state index in [0.717, 1.165) is 19.4 Å². The molecule has 1 unspecified atom stereocenters. The quantitative estimate of drug-likeness (QED) is 0.849. The minimum absolute atomic E-state index is 0.0550. The fraction of sp³-hybridized carbons (Fsp3) is 0.368. The summed E-state index contributed by atoms with van der Waals surface area (Å²) in [5.74, 6) is -0.0550. The molecule has 1 aromatic carbocycles. The lowest BCUT2D eigenvalue weighted by atomic mass is 9.99. The summed E-state index contributed by atoms with van der Waals surface area (Å²) in [7, 11) is 0. The molecule has 0 saturated carbocycles. The number of hydrogen-bond donors (Lipinski definition) is 1. The summed E-state index contributed by atoms with van der Waals surface area (Å²) >= 11 is 6.00. The van der Waals surface area contributed by atoms with Crippen molar-refractivity contribution in [3.8, 4) is 0 Å². The van der Waals surface area contributed by atoms with Gasteiger partial charge in [-0.25, -0.2) is 4.98 Å². The summed E-state index contributed by atoms with van der Waals surface area (Å²) in [6, 6.07) is 10.4. The highest BCUT2D eigenvalue weighted by atomic mass is 35.5. The van der Waals surface area contributed by atoms with E-state index in [9.17, 15) is 4.79 Å². The smallest absolute Gasteiger partial charge is 0.238 e. The summed E-state index contributed by atoms with van der Waals surface area (Å²) in [4.78, 5) is 18.6. The second-order valence-corrected chi connectivity index (χ2v) is 6.72. The van der Waals surface area contributed by atoms with E-state index in [4.69, 9.17) is 11.6 Å². The number of benzene rings is 1.